The van der Waals surface area contributed by atoms with E-state index in [1.807, 2.05) is 0 Å². The molecule has 0 aliphatic carbocycles. The average molecular weight is 264 g/mol. The van der Waals surface area contributed by atoms with Gasteiger partial charge < -0.3 is 16.2 Å². The van der Waals surface area contributed by atoms with Gasteiger partial charge in [-0.05, 0) is 18.2 Å². The summed E-state index contributed by atoms with van der Waals surface area (Å²) in [6.07, 6.45) is 1.41. The second-order valence-corrected chi connectivity index (χ2v) is 3.93. The van der Waals surface area contributed by atoms with Gasteiger partial charge in [-0.15, -0.1) is 0 Å². The number of nitrogens with zero attached hydrogens (tertiary/aromatic N) is 1. The Balaban J connectivity index is 2.37. The fourth-order valence-corrected chi connectivity index (χ4v) is 1.59. The SMILES string of the molecule is NC(=O)c1ccccc1Oc1ncc(N)cc1Cl. The van der Waals surface area contributed by atoms with Crippen LogP contribution < -0.4 is 16.2 Å². The maximum atomic E-state index is 11.2. The Morgan fingerprint density at radius 1 is 1.33 bits per heavy atom. The summed E-state index contributed by atoms with van der Waals surface area (Å²) in [4.78, 5) is 15.2. The maximum Gasteiger partial charge on any atom is 0.252 e. The second kappa shape index (κ2) is 4.93. The van der Waals surface area contributed by atoms with Crippen molar-refractivity contribution < 1.29 is 9.53 Å². The molecule has 1 amide bonds. The Kier molecular flexibility index (Phi) is 3.34. The number of benzene rings is 1. The van der Waals surface area contributed by atoms with Gasteiger partial charge in [0.25, 0.3) is 5.91 Å². The van der Waals surface area contributed by atoms with Crippen LogP contribution in [0.5, 0.6) is 11.6 Å². The first-order valence-electron chi connectivity index (χ1n) is 5.05. The van der Waals surface area contributed by atoms with Gasteiger partial charge in [-0.25, -0.2) is 4.98 Å². The standard InChI is InChI=1S/C12H10ClN3O2/c13-9-5-7(14)6-16-12(9)18-10-4-2-1-3-8(10)11(15)17/h1-6H,14H2,(H2,15,17). The van der Waals surface area contributed by atoms with Crippen molar-refractivity contribution >= 4 is 23.2 Å². The topological polar surface area (TPSA) is 91.2 Å². The van der Waals surface area contributed by atoms with Crippen molar-refractivity contribution in [3.8, 4) is 11.6 Å². The number of anilines is 1. The van der Waals surface area contributed by atoms with E-state index in [-0.39, 0.29) is 16.5 Å². The summed E-state index contributed by atoms with van der Waals surface area (Å²) in [5.41, 5.74) is 11.4. The number of pyridine rings is 1. The summed E-state index contributed by atoms with van der Waals surface area (Å²) in [7, 11) is 0. The number of halogens is 1. The van der Waals surface area contributed by atoms with E-state index in [1.165, 1.54) is 12.3 Å². The lowest BCUT2D eigenvalue weighted by atomic mass is 10.2. The molecule has 5 nitrogen and oxygen atoms in total. The molecule has 0 bridgehead atoms. The predicted molar refractivity (Wildman–Crippen MR) is 68.7 cm³/mol. The zero-order chi connectivity index (χ0) is 13.1. The van der Waals surface area contributed by atoms with Crippen LogP contribution in [0.3, 0.4) is 0 Å². The average Bonchev–Trinajstić information content (AvgIpc) is 2.33. The lowest BCUT2D eigenvalue weighted by Gasteiger charge is -2.09. The lowest BCUT2D eigenvalue weighted by Crippen LogP contribution is -2.12. The van der Waals surface area contributed by atoms with Crippen molar-refractivity contribution in [1.29, 1.82) is 0 Å². The third-order valence-electron chi connectivity index (χ3n) is 2.19. The molecule has 0 atom stereocenters. The van der Waals surface area contributed by atoms with Gasteiger partial charge in [0.05, 0.1) is 17.4 Å². The molecule has 2 rings (SSSR count). The molecular formula is C12H10ClN3O2. The van der Waals surface area contributed by atoms with Crippen molar-refractivity contribution in [3.63, 3.8) is 0 Å². The van der Waals surface area contributed by atoms with Gasteiger partial charge >= 0.3 is 0 Å². The lowest BCUT2D eigenvalue weighted by molar-refractivity contribution is 0.0998. The fourth-order valence-electron chi connectivity index (χ4n) is 1.38. The molecular weight excluding hydrogens is 254 g/mol. The van der Waals surface area contributed by atoms with Crippen LogP contribution in [0.4, 0.5) is 5.69 Å². The molecule has 4 N–H and O–H groups in total. The molecule has 18 heavy (non-hydrogen) atoms. The highest BCUT2D eigenvalue weighted by Gasteiger charge is 2.11. The Bertz CT molecular complexity index is 602. The van der Waals surface area contributed by atoms with E-state index in [2.05, 4.69) is 4.98 Å². The van der Waals surface area contributed by atoms with E-state index in [0.717, 1.165) is 0 Å². The monoisotopic (exact) mass is 263 g/mol. The number of nitrogens with two attached hydrogens (primary N) is 2. The minimum absolute atomic E-state index is 0.166. The predicted octanol–water partition coefficient (Wildman–Crippen LogP) is 2.21. The highest BCUT2D eigenvalue weighted by atomic mass is 35.5. The first kappa shape index (κ1) is 12.2. The van der Waals surface area contributed by atoms with Crippen LogP contribution >= 0.6 is 11.6 Å². The van der Waals surface area contributed by atoms with Crippen LogP contribution in [-0.2, 0) is 0 Å². The molecule has 0 fully saturated rings. The molecule has 6 heteroatoms. The Morgan fingerprint density at radius 2 is 2.06 bits per heavy atom. The van der Waals surface area contributed by atoms with Crippen molar-refractivity contribution in [2.24, 2.45) is 5.73 Å². The molecule has 0 aliphatic rings. The van der Waals surface area contributed by atoms with Gasteiger partial charge in [0.15, 0.2) is 0 Å². The molecule has 2 aromatic rings. The zero-order valence-corrected chi connectivity index (χ0v) is 10.0. The zero-order valence-electron chi connectivity index (χ0n) is 9.26. The highest BCUT2D eigenvalue weighted by Crippen LogP contribution is 2.30. The van der Waals surface area contributed by atoms with Crippen LogP contribution in [0.2, 0.25) is 5.02 Å². The van der Waals surface area contributed by atoms with Crippen LogP contribution in [-0.4, -0.2) is 10.9 Å². The molecule has 0 unspecified atom stereocenters. The van der Waals surface area contributed by atoms with Gasteiger partial charge in [0.2, 0.25) is 5.88 Å². The van der Waals surface area contributed by atoms with Crippen LogP contribution in [0.25, 0.3) is 0 Å². The van der Waals surface area contributed by atoms with E-state index >= 15 is 0 Å². The highest BCUT2D eigenvalue weighted by molar-refractivity contribution is 6.32. The second-order valence-electron chi connectivity index (χ2n) is 3.52. The summed E-state index contributed by atoms with van der Waals surface area (Å²) < 4.78 is 5.46. The third-order valence-corrected chi connectivity index (χ3v) is 2.46. The Morgan fingerprint density at radius 3 is 2.72 bits per heavy atom. The molecule has 0 spiro atoms. The summed E-state index contributed by atoms with van der Waals surface area (Å²) in [6, 6.07) is 8.08. The Labute approximate surface area is 108 Å². The number of aromatic nitrogens is 1. The normalized spacial score (nSPS) is 10.1. The van der Waals surface area contributed by atoms with Gasteiger partial charge in [0, 0.05) is 0 Å². The van der Waals surface area contributed by atoms with Gasteiger partial charge in [0.1, 0.15) is 10.8 Å². The minimum Gasteiger partial charge on any atom is -0.437 e. The van der Waals surface area contributed by atoms with Gasteiger partial charge in [-0.1, -0.05) is 23.7 Å². The van der Waals surface area contributed by atoms with Crippen LogP contribution in [0, 0.1) is 0 Å². The number of para-hydroxylation sites is 1. The quantitative estimate of drug-likeness (QED) is 0.888. The number of rotatable bonds is 3. The number of hydrogen-bond acceptors (Lipinski definition) is 4. The fraction of sp³-hybridized carbons (Fsp3) is 0. The number of amides is 1. The van der Waals surface area contributed by atoms with E-state index in [9.17, 15) is 4.79 Å². The number of carbonyl (C=O) groups excluding carboxylic acids is 1. The number of carbonyl (C=O) groups is 1. The summed E-state index contributed by atoms with van der Waals surface area (Å²) in [5, 5.41) is 0.259. The van der Waals surface area contributed by atoms with Gasteiger partial charge in [-0.3, -0.25) is 4.79 Å². The summed E-state index contributed by atoms with van der Waals surface area (Å²) >= 11 is 5.93. The van der Waals surface area contributed by atoms with Crippen molar-refractivity contribution in [3.05, 3.63) is 47.1 Å². The Hall–Kier alpha value is -2.27. The molecule has 92 valence electrons. The molecule has 0 saturated carbocycles. The largest absolute Gasteiger partial charge is 0.437 e. The van der Waals surface area contributed by atoms with Crippen LogP contribution in [0.1, 0.15) is 10.4 Å². The van der Waals surface area contributed by atoms with Crippen molar-refractivity contribution in [1.82, 2.24) is 4.98 Å². The van der Waals surface area contributed by atoms with E-state index < -0.39 is 5.91 Å². The van der Waals surface area contributed by atoms with Crippen molar-refractivity contribution in [2.45, 2.75) is 0 Å². The molecule has 1 heterocycles. The number of ether oxygens (including phenoxy) is 1. The van der Waals surface area contributed by atoms with E-state index in [1.54, 1.807) is 24.3 Å². The molecule has 0 saturated heterocycles. The molecule has 1 aromatic carbocycles. The van der Waals surface area contributed by atoms with Crippen molar-refractivity contribution in [2.75, 3.05) is 5.73 Å². The number of hydrogen-bond donors (Lipinski definition) is 2. The summed E-state index contributed by atoms with van der Waals surface area (Å²) in [6.45, 7) is 0. The summed E-state index contributed by atoms with van der Waals surface area (Å²) in [5.74, 6) is -0.124. The smallest absolute Gasteiger partial charge is 0.252 e. The number of primary amides is 1. The first-order valence-corrected chi connectivity index (χ1v) is 5.43. The maximum absolute atomic E-state index is 11.2. The van der Waals surface area contributed by atoms with Crippen LogP contribution in [0.15, 0.2) is 36.5 Å². The number of nitrogen functional groups attached to an aromatic ring is 1. The minimum atomic E-state index is -0.586. The molecule has 0 radical (unpaired) electrons. The molecule has 1 aromatic heterocycles. The molecule has 0 aliphatic heterocycles. The first-order chi connectivity index (χ1) is 8.58. The van der Waals surface area contributed by atoms with E-state index in [0.29, 0.717) is 11.4 Å². The van der Waals surface area contributed by atoms with Gasteiger partial charge in [-0.2, -0.15) is 0 Å². The third kappa shape index (κ3) is 2.52. The van der Waals surface area contributed by atoms with E-state index in [4.69, 9.17) is 27.8 Å².